The minimum absolute atomic E-state index is 0.0392. The monoisotopic (exact) mass is 256 g/mol. The van der Waals surface area contributed by atoms with Crippen LogP contribution in [-0.2, 0) is 0 Å². The summed E-state index contributed by atoms with van der Waals surface area (Å²) in [5, 5.41) is 12.7. The van der Waals surface area contributed by atoms with Crippen molar-refractivity contribution in [2.75, 3.05) is 33.3 Å². The van der Waals surface area contributed by atoms with Crippen molar-refractivity contribution in [3.05, 3.63) is 0 Å². The van der Waals surface area contributed by atoms with E-state index in [2.05, 4.69) is 45.0 Å². The van der Waals surface area contributed by atoms with Crippen LogP contribution in [-0.4, -0.2) is 48.8 Å². The minimum Gasteiger partial charge on any atom is -0.396 e. The first-order valence-electron chi connectivity index (χ1n) is 7.31. The van der Waals surface area contributed by atoms with Crippen molar-refractivity contribution in [1.82, 2.24) is 10.2 Å². The quantitative estimate of drug-likeness (QED) is 0.764. The summed E-state index contributed by atoms with van der Waals surface area (Å²) in [6.45, 7) is 12.9. The number of piperidine rings is 1. The molecule has 0 spiro atoms. The predicted octanol–water partition coefficient (Wildman–Crippen LogP) is 2.10. The van der Waals surface area contributed by atoms with Crippen LogP contribution in [0, 0.1) is 11.3 Å². The van der Waals surface area contributed by atoms with Crippen LogP contribution in [0.4, 0.5) is 0 Å². The van der Waals surface area contributed by atoms with Gasteiger partial charge in [0.05, 0.1) is 0 Å². The van der Waals surface area contributed by atoms with Crippen molar-refractivity contribution in [2.45, 2.75) is 52.5 Å². The second kappa shape index (κ2) is 6.36. The SMILES string of the molecule is CN1CCC(C(C)(C)CNC(C)(C)CCO)CC1. The molecular weight excluding hydrogens is 224 g/mol. The first-order valence-corrected chi connectivity index (χ1v) is 7.31. The molecule has 0 radical (unpaired) electrons. The number of hydrogen-bond donors (Lipinski definition) is 2. The topological polar surface area (TPSA) is 35.5 Å². The van der Waals surface area contributed by atoms with Gasteiger partial charge in [-0.05, 0) is 64.6 Å². The molecule has 1 aliphatic heterocycles. The average Bonchev–Trinajstić information content (AvgIpc) is 2.27. The van der Waals surface area contributed by atoms with Crippen LogP contribution in [0.3, 0.4) is 0 Å². The Bertz CT molecular complexity index is 243. The molecule has 0 saturated carbocycles. The molecule has 2 N–H and O–H groups in total. The van der Waals surface area contributed by atoms with Crippen molar-refractivity contribution >= 4 is 0 Å². The molecule has 1 heterocycles. The van der Waals surface area contributed by atoms with E-state index in [1.807, 2.05) is 0 Å². The Morgan fingerprint density at radius 2 is 1.72 bits per heavy atom. The van der Waals surface area contributed by atoms with Crippen LogP contribution < -0.4 is 5.32 Å². The van der Waals surface area contributed by atoms with Crippen LogP contribution in [0.25, 0.3) is 0 Å². The minimum atomic E-state index is 0.0392. The first kappa shape index (κ1) is 15.9. The van der Waals surface area contributed by atoms with Crippen molar-refractivity contribution in [1.29, 1.82) is 0 Å². The number of aliphatic hydroxyl groups is 1. The average molecular weight is 256 g/mol. The number of nitrogens with zero attached hydrogens (tertiary/aromatic N) is 1. The molecule has 18 heavy (non-hydrogen) atoms. The van der Waals surface area contributed by atoms with Gasteiger partial charge in [0.2, 0.25) is 0 Å². The molecule has 0 unspecified atom stereocenters. The number of rotatable bonds is 6. The highest BCUT2D eigenvalue weighted by Gasteiger charge is 2.32. The Hall–Kier alpha value is -0.120. The molecule has 3 heteroatoms. The van der Waals surface area contributed by atoms with Crippen molar-refractivity contribution in [2.24, 2.45) is 11.3 Å². The lowest BCUT2D eigenvalue weighted by Crippen LogP contribution is -2.48. The van der Waals surface area contributed by atoms with Gasteiger partial charge >= 0.3 is 0 Å². The zero-order chi connectivity index (χ0) is 13.8. The molecule has 0 amide bonds. The summed E-state index contributed by atoms with van der Waals surface area (Å²) in [6, 6.07) is 0. The van der Waals surface area contributed by atoms with Gasteiger partial charge in [-0.25, -0.2) is 0 Å². The van der Waals surface area contributed by atoms with Crippen molar-refractivity contribution in [3.8, 4) is 0 Å². The Morgan fingerprint density at radius 3 is 2.22 bits per heavy atom. The molecule has 0 aliphatic carbocycles. The van der Waals surface area contributed by atoms with Gasteiger partial charge in [0.15, 0.2) is 0 Å². The van der Waals surface area contributed by atoms with Gasteiger partial charge in [-0.3, -0.25) is 0 Å². The Balaban J connectivity index is 2.44. The first-order chi connectivity index (χ1) is 8.27. The Kier molecular flexibility index (Phi) is 5.63. The number of aliphatic hydroxyl groups excluding tert-OH is 1. The summed E-state index contributed by atoms with van der Waals surface area (Å²) >= 11 is 0. The summed E-state index contributed by atoms with van der Waals surface area (Å²) in [5.74, 6) is 0.811. The van der Waals surface area contributed by atoms with Crippen LogP contribution >= 0.6 is 0 Å². The zero-order valence-electron chi connectivity index (χ0n) is 12.9. The van der Waals surface area contributed by atoms with E-state index < -0.39 is 0 Å². The maximum absolute atomic E-state index is 9.06. The van der Waals surface area contributed by atoms with E-state index in [1.165, 1.54) is 25.9 Å². The predicted molar refractivity (Wildman–Crippen MR) is 77.8 cm³/mol. The summed E-state index contributed by atoms with van der Waals surface area (Å²) in [7, 11) is 2.21. The molecule has 1 fully saturated rings. The van der Waals surface area contributed by atoms with Gasteiger partial charge in [-0.1, -0.05) is 13.8 Å². The van der Waals surface area contributed by atoms with Gasteiger partial charge in [-0.15, -0.1) is 0 Å². The highest BCUT2D eigenvalue weighted by atomic mass is 16.3. The maximum Gasteiger partial charge on any atom is 0.0448 e. The second-order valence-corrected chi connectivity index (χ2v) is 7.28. The third kappa shape index (κ3) is 4.87. The van der Waals surface area contributed by atoms with Gasteiger partial charge in [0.25, 0.3) is 0 Å². The van der Waals surface area contributed by atoms with Crippen molar-refractivity contribution < 1.29 is 5.11 Å². The third-order valence-corrected chi connectivity index (χ3v) is 4.58. The summed E-state index contributed by atoms with van der Waals surface area (Å²) < 4.78 is 0. The van der Waals surface area contributed by atoms with E-state index in [4.69, 9.17) is 5.11 Å². The standard InChI is InChI=1S/C15H32N2O/c1-14(2,12-16-15(3,4)8-11-18)13-6-9-17(5)10-7-13/h13,16,18H,6-12H2,1-5H3. The Morgan fingerprint density at radius 1 is 1.17 bits per heavy atom. The van der Waals surface area contributed by atoms with E-state index in [0.29, 0.717) is 5.41 Å². The van der Waals surface area contributed by atoms with E-state index in [0.717, 1.165) is 18.9 Å². The smallest absolute Gasteiger partial charge is 0.0448 e. The van der Waals surface area contributed by atoms with Crippen LogP contribution in [0.2, 0.25) is 0 Å². The lowest BCUT2D eigenvalue weighted by Gasteiger charge is -2.41. The summed E-state index contributed by atoms with van der Waals surface area (Å²) in [4.78, 5) is 2.43. The number of hydrogen-bond acceptors (Lipinski definition) is 3. The highest BCUT2D eigenvalue weighted by Crippen LogP contribution is 2.34. The fourth-order valence-electron chi connectivity index (χ4n) is 2.77. The summed E-state index contributed by atoms with van der Waals surface area (Å²) in [5.41, 5.74) is 0.380. The zero-order valence-corrected chi connectivity index (χ0v) is 12.9. The molecule has 0 aromatic rings. The number of likely N-dealkylation sites (tertiary alicyclic amines) is 1. The maximum atomic E-state index is 9.06. The van der Waals surface area contributed by atoms with Crippen molar-refractivity contribution in [3.63, 3.8) is 0 Å². The molecule has 1 rings (SSSR count). The molecular formula is C15H32N2O. The fourth-order valence-corrected chi connectivity index (χ4v) is 2.77. The lowest BCUT2D eigenvalue weighted by atomic mass is 9.73. The molecule has 0 atom stereocenters. The largest absolute Gasteiger partial charge is 0.396 e. The molecule has 1 saturated heterocycles. The van der Waals surface area contributed by atoms with Gasteiger partial charge in [0.1, 0.15) is 0 Å². The number of nitrogens with one attached hydrogen (secondary N) is 1. The van der Waals surface area contributed by atoms with Crippen LogP contribution in [0.5, 0.6) is 0 Å². The fraction of sp³-hybridized carbons (Fsp3) is 1.00. The Labute approximate surface area is 113 Å². The third-order valence-electron chi connectivity index (χ3n) is 4.58. The normalized spacial score (nSPS) is 20.3. The molecule has 0 aromatic heterocycles. The summed E-state index contributed by atoms with van der Waals surface area (Å²) in [6.07, 6.45) is 3.44. The molecule has 1 aliphatic rings. The van der Waals surface area contributed by atoms with Crippen LogP contribution in [0.15, 0.2) is 0 Å². The van der Waals surface area contributed by atoms with E-state index in [9.17, 15) is 0 Å². The van der Waals surface area contributed by atoms with Gasteiger partial charge in [-0.2, -0.15) is 0 Å². The molecule has 0 bridgehead atoms. The van der Waals surface area contributed by atoms with Gasteiger partial charge < -0.3 is 15.3 Å². The highest BCUT2D eigenvalue weighted by molar-refractivity contribution is 4.87. The van der Waals surface area contributed by atoms with E-state index >= 15 is 0 Å². The van der Waals surface area contributed by atoms with E-state index in [1.54, 1.807) is 0 Å². The second-order valence-electron chi connectivity index (χ2n) is 7.28. The lowest BCUT2D eigenvalue weighted by molar-refractivity contribution is 0.102. The van der Waals surface area contributed by atoms with Gasteiger partial charge in [0, 0.05) is 18.7 Å². The molecule has 3 nitrogen and oxygen atoms in total. The molecule has 108 valence electrons. The molecule has 0 aromatic carbocycles. The van der Waals surface area contributed by atoms with E-state index in [-0.39, 0.29) is 12.1 Å². The van der Waals surface area contributed by atoms with Crippen LogP contribution in [0.1, 0.15) is 47.0 Å².